The Morgan fingerprint density at radius 1 is 1.38 bits per heavy atom. The lowest BCUT2D eigenvalue weighted by Gasteiger charge is -2.39. The van der Waals surface area contributed by atoms with Crippen molar-refractivity contribution in [1.82, 2.24) is 4.98 Å². The van der Waals surface area contributed by atoms with E-state index in [4.69, 9.17) is 16.3 Å². The van der Waals surface area contributed by atoms with Gasteiger partial charge in [-0.3, -0.25) is 0 Å². The van der Waals surface area contributed by atoms with Gasteiger partial charge in [-0.05, 0) is 18.3 Å². The van der Waals surface area contributed by atoms with Gasteiger partial charge in [-0.1, -0.05) is 30.4 Å². The molecule has 1 aromatic heterocycles. The van der Waals surface area contributed by atoms with Crippen LogP contribution < -0.4 is 4.90 Å². The zero-order chi connectivity index (χ0) is 17.2. The van der Waals surface area contributed by atoms with E-state index in [1.54, 1.807) is 6.20 Å². The van der Waals surface area contributed by atoms with Crippen molar-refractivity contribution in [3.8, 4) is 11.8 Å². The van der Waals surface area contributed by atoms with E-state index in [-0.39, 0.29) is 12.0 Å². The van der Waals surface area contributed by atoms with Crippen LogP contribution in [0.5, 0.6) is 0 Å². The summed E-state index contributed by atoms with van der Waals surface area (Å²) in [6.45, 7) is 4.73. The molecule has 0 amide bonds. The molecule has 0 radical (unpaired) electrons. The zero-order valence-corrected chi connectivity index (χ0v) is 14.6. The first-order valence-electron chi connectivity index (χ1n) is 8.23. The third-order valence-corrected chi connectivity index (χ3v) is 5.13. The number of aliphatic hydroxyl groups is 2. The van der Waals surface area contributed by atoms with Crippen LogP contribution in [0.2, 0.25) is 5.15 Å². The molecule has 0 atom stereocenters. The van der Waals surface area contributed by atoms with E-state index >= 15 is 0 Å². The molecule has 130 valence electrons. The lowest BCUT2D eigenvalue weighted by atomic mass is 9.81. The van der Waals surface area contributed by atoms with E-state index in [0.717, 1.165) is 37.2 Å². The number of halogens is 1. The fourth-order valence-electron chi connectivity index (χ4n) is 2.97. The normalized spacial score (nSPS) is 21.6. The topological polar surface area (TPSA) is 65.8 Å². The van der Waals surface area contributed by atoms with Crippen molar-refractivity contribution >= 4 is 17.3 Å². The van der Waals surface area contributed by atoms with Crippen LogP contribution in [0.15, 0.2) is 12.3 Å². The van der Waals surface area contributed by atoms with Crippen LogP contribution in [0.1, 0.15) is 31.7 Å². The highest BCUT2D eigenvalue weighted by molar-refractivity contribution is 6.29. The number of pyridine rings is 1. The summed E-state index contributed by atoms with van der Waals surface area (Å²) in [6, 6.07) is 1.84. The zero-order valence-electron chi connectivity index (χ0n) is 13.9. The molecule has 2 N–H and O–H groups in total. The minimum Gasteiger partial charge on any atom is -0.396 e. The van der Waals surface area contributed by atoms with Crippen LogP contribution in [-0.2, 0) is 4.74 Å². The standard InChI is InChI=1S/C18H23ClN2O3/c1-17(11-22)5-7-21(8-6-17)15-9-16(19)20-10-14(15)3-2-4-18(23)12-24-13-18/h9-10,22-23H,4-8,11-13H2,1H3. The molecule has 0 saturated carbocycles. The number of aromatic nitrogens is 1. The maximum absolute atomic E-state index is 10.0. The SMILES string of the molecule is CC1(CO)CCN(c2cc(Cl)ncc2C#CCC2(O)COC2)CC1. The van der Waals surface area contributed by atoms with Gasteiger partial charge in [0.2, 0.25) is 0 Å². The number of nitrogens with zero attached hydrogens (tertiary/aromatic N) is 2. The summed E-state index contributed by atoms with van der Waals surface area (Å²) in [5, 5.41) is 20.0. The second-order valence-corrected chi connectivity index (χ2v) is 7.56. The van der Waals surface area contributed by atoms with Crippen LogP contribution >= 0.6 is 11.6 Å². The average molecular weight is 351 g/mol. The van der Waals surface area contributed by atoms with Gasteiger partial charge < -0.3 is 19.8 Å². The lowest BCUT2D eigenvalue weighted by molar-refractivity contribution is -0.174. The van der Waals surface area contributed by atoms with Gasteiger partial charge in [-0.15, -0.1) is 0 Å². The number of hydrogen-bond acceptors (Lipinski definition) is 5. The van der Waals surface area contributed by atoms with Gasteiger partial charge in [-0.25, -0.2) is 4.98 Å². The predicted molar refractivity (Wildman–Crippen MR) is 93.2 cm³/mol. The molecule has 0 spiro atoms. The molecule has 0 aromatic carbocycles. The molecule has 2 saturated heterocycles. The fourth-order valence-corrected chi connectivity index (χ4v) is 3.12. The molecule has 3 rings (SSSR count). The van der Waals surface area contributed by atoms with E-state index in [1.165, 1.54) is 0 Å². The molecular weight excluding hydrogens is 328 g/mol. The molecule has 2 aliphatic rings. The number of ether oxygens (including phenoxy) is 1. The molecule has 5 nitrogen and oxygen atoms in total. The molecule has 2 fully saturated rings. The van der Waals surface area contributed by atoms with Gasteiger partial charge in [-0.2, -0.15) is 0 Å². The number of aliphatic hydroxyl groups excluding tert-OH is 1. The molecule has 24 heavy (non-hydrogen) atoms. The van der Waals surface area contributed by atoms with E-state index in [0.29, 0.717) is 24.8 Å². The molecule has 2 aliphatic heterocycles. The lowest BCUT2D eigenvalue weighted by Crippen LogP contribution is -2.49. The Bertz CT molecular complexity index is 656. The third kappa shape index (κ3) is 3.84. The van der Waals surface area contributed by atoms with E-state index in [1.807, 2.05) is 6.07 Å². The van der Waals surface area contributed by atoms with E-state index in [2.05, 4.69) is 28.6 Å². The molecule has 0 bridgehead atoms. The van der Waals surface area contributed by atoms with Crippen LogP contribution in [0.4, 0.5) is 5.69 Å². The first-order valence-corrected chi connectivity index (χ1v) is 8.61. The minimum atomic E-state index is -0.804. The second kappa shape index (κ2) is 6.89. The van der Waals surface area contributed by atoms with Crippen LogP contribution in [0.25, 0.3) is 0 Å². The first kappa shape index (κ1) is 17.5. The van der Waals surface area contributed by atoms with Gasteiger partial charge in [0.1, 0.15) is 10.8 Å². The van der Waals surface area contributed by atoms with Crippen molar-refractivity contribution in [3.05, 3.63) is 23.0 Å². The monoisotopic (exact) mass is 350 g/mol. The second-order valence-electron chi connectivity index (χ2n) is 7.18. The quantitative estimate of drug-likeness (QED) is 0.643. The third-order valence-electron chi connectivity index (χ3n) is 4.92. The maximum atomic E-state index is 10.0. The largest absolute Gasteiger partial charge is 0.396 e. The van der Waals surface area contributed by atoms with Gasteiger partial charge in [0.05, 0.1) is 24.5 Å². The van der Waals surface area contributed by atoms with Crippen molar-refractivity contribution < 1.29 is 14.9 Å². The highest BCUT2D eigenvalue weighted by atomic mass is 35.5. The Morgan fingerprint density at radius 3 is 2.67 bits per heavy atom. The Hall–Kier alpha value is -1.32. The minimum absolute atomic E-state index is 0.00728. The Labute approximate surface area is 147 Å². The van der Waals surface area contributed by atoms with Gasteiger partial charge in [0, 0.05) is 38.4 Å². The van der Waals surface area contributed by atoms with Gasteiger partial charge in [0.15, 0.2) is 0 Å². The Balaban J connectivity index is 1.75. The van der Waals surface area contributed by atoms with Crippen molar-refractivity contribution in [2.45, 2.75) is 31.8 Å². The molecule has 3 heterocycles. The van der Waals surface area contributed by atoms with Crippen molar-refractivity contribution in [2.75, 3.05) is 37.8 Å². The highest BCUT2D eigenvalue weighted by Gasteiger charge is 2.35. The first-order chi connectivity index (χ1) is 11.4. The number of rotatable bonds is 3. The van der Waals surface area contributed by atoms with E-state index < -0.39 is 5.60 Å². The van der Waals surface area contributed by atoms with Crippen LogP contribution in [0.3, 0.4) is 0 Å². The molecule has 6 heteroatoms. The predicted octanol–water partition coefficient (Wildman–Crippen LogP) is 1.84. The fraction of sp³-hybridized carbons (Fsp3) is 0.611. The van der Waals surface area contributed by atoms with Crippen LogP contribution in [0, 0.1) is 17.3 Å². The molecule has 0 aliphatic carbocycles. The highest BCUT2D eigenvalue weighted by Crippen LogP contribution is 2.34. The smallest absolute Gasteiger partial charge is 0.131 e. The maximum Gasteiger partial charge on any atom is 0.131 e. The molecule has 1 aromatic rings. The summed E-state index contributed by atoms with van der Waals surface area (Å²) in [5.41, 5.74) is 0.975. The van der Waals surface area contributed by atoms with Crippen molar-refractivity contribution in [2.24, 2.45) is 5.41 Å². The summed E-state index contributed by atoms with van der Waals surface area (Å²) < 4.78 is 5.03. The number of hydrogen-bond donors (Lipinski definition) is 2. The summed E-state index contributed by atoms with van der Waals surface area (Å²) in [5.74, 6) is 6.16. The number of piperidine rings is 1. The summed E-state index contributed by atoms with van der Waals surface area (Å²) in [6.07, 6.45) is 3.92. The van der Waals surface area contributed by atoms with E-state index in [9.17, 15) is 10.2 Å². The van der Waals surface area contributed by atoms with Gasteiger partial charge >= 0.3 is 0 Å². The Morgan fingerprint density at radius 2 is 2.08 bits per heavy atom. The van der Waals surface area contributed by atoms with Crippen molar-refractivity contribution in [1.29, 1.82) is 0 Å². The summed E-state index contributed by atoms with van der Waals surface area (Å²) >= 11 is 6.08. The van der Waals surface area contributed by atoms with Crippen molar-refractivity contribution in [3.63, 3.8) is 0 Å². The summed E-state index contributed by atoms with van der Waals surface area (Å²) in [4.78, 5) is 6.38. The molecular formula is C18H23ClN2O3. The molecule has 0 unspecified atom stereocenters. The average Bonchev–Trinajstić information content (AvgIpc) is 2.55. The number of anilines is 1. The van der Waals surface area contributed by atoms with Gasteiger partial charge in [0.25, 0.3) is 0 Å². The Kier molecular flexibility index (Phi) is 5.03. The summed E-state index contributed by atoms with van der Waals surface area (Å²) in [7, 11) is 0. The van der Waals surface area contributed by atoms with Crippen LogP contribution in [-0.4, -0.2) is 53.7 Å².